The zero-order valence-corrected chi connectivity index (χ0v) is 25.7. The highest BCUT2D eigenvalue weighted by Crippen LogP contribution is 2.36. The van der Waals surface area contributed by atoms with Gasteiger partial charge < -0.3 is 20.1 Å². The number of rotatable bonds is 12. The number of carbonyl (C=O) groups excluding carboxylic acids is 1. The summed E-state index contributed by atoms with van der Waals surface area (Å²) >= 11 is 4.67. The van der Waals surface area contributed by atoms with Crippen LogP contribution in [-0.2, 0) is 9.47 Å². The first kappa shape index (κ1) is 27.8. The molecule has 0 fully saturated rings. The van der Waals surface area contributed by atoms with Crippen LogP contribution in [0.5, 0.6) is 0 Å². The molecule has 0 aliphatic heterocycles. The van der Waals surface area contributed by atoms with Crippen LogP contribution < -0.4 is 10.6 Å². The number of nitrogens with zero attached hydrogens (tertiary/aromatic N) is 4. The highest BCUT2D eigenvalue weighted by atomic mass is 127. The normalized spacial score (nSPS) is 12.4. The lowest BCUT2D eigenvalue weighted by molar-refractivity contribution is 0.0524. The number of amides is 1. The maximum Gasteiger partial charge on any atom is 0.407 e. The molecule has 1 amide bonds. The lowest BCUT2D eigenvalue weighted by Gasteiger charge is -2.19. The lowest BCUT2D eigenvalue weighted by Crippen LogP contribution is -2.33. The number of fused-ring (bicyclic) bond motifs is 1. The van der Waals surface area contributed by atoms with Crippen LogP contribution in [0.4, 0.5) is 10.5 Å². The minimum Gasteiger partial charge on any atom is -0.444 e. The van der Waals surface area contributed by atoms with Gasteiger partial charge in [-0.1, -0.05) is 0 Å². The van der Waals surface area contributed by atoms with Gasteiger partial charge in [0, 0.05) is 42.5 Å². The standard InChI is InChI=1S/C21H30I2N6O3P2/c1-21(2,3)32-20(30)25-6-4-5-8-31-9-7-24-18-10-15(16-12-26-28(14-16)33-22)11-19-17(18)13-27-29(19)34-23/h10-14,24,33-34H,4-9H2,1-3H3,(H,25,30). The monoisotopic (exact) mass is 730 g/mol. The van der Waals surface area contributed by atoms with Crippen molar-refractivity contribution in [2.45, 2.75) is 39.2 Å². The summed E-state index contributed by atoms with van der Waals surface area (Å²) in [6.45, 7) is 8.08. The summed E-state index contributed by atoms with van der Waals surface area (Å²) in [5, 5.41) is 16.3. The molecule has 0 aliphatic rings. The van der Waals surface area contributed by atoms with Gasteiger partial charge in [-0.3, -0.25) is 0 Å². The molecule has 2 unspecified atom stereocenters. The number of aromatic nitrogens is 4. The number of ether oxygens (including phenoxy) is 2. The smallest absolute Gasteiger partial charge is 0.407 e. The number of hydrogen-bond acceptors (Lipinski definition) is 6. The Morgan fingerprint density at radius 1 is 1.06 bits per heavy atom. The summed E-state index contributed by atoms with van der Waals surface area (Å²) in [5.74, 6) is 0. The number of anilines is 1. The Hall–Kier alpha value is -0.750. The van der Waals surface area contributed by atoms with Crippen molar-refractivity contribution in [3.8, 4) is 11.1 Å². The number of carbonyl (C=O) groups is 1. The molecule has 13 heteroatoms. The van der Waals surface area contributed by atoms with Gasteiger partial charge in [-0.2, -0.15) is 10.2 Å². The van der Waals surface area contributed by atoms with Gasteiger partial charge in [0.25, 0.3) is 0 Å². The Labute approximate surface area is 229 Å². The van der Waals surface area contributed by atoms with Crippen LogP contribution in [0, 0.1) is 0 Å². The zero-order valence-electron chi connectivity index (χ0n) is 19.4. The molecule has 0 radical (unpaired) electrons. The SMILES string of the molecule is CC(C)(C)OC(=O)NCCCCOCCNc1cc(-c2cnn(PI)c2)cc2c1cnn2PI. The van der Waals surface area contributed by atoms with Crippen LogP contribution in [0.25, 0.3) is 22.0 Å². The largest absolute Gasteiger partial charge is 0.444 e. The fraction of sp³-hybridized carbons (Fsp3) is 0.476. The topological polar surface area (TPSA) is 95.2 Å². The number of nitrogens with one attached hydrogen (secondary N) is 2. The third-order valence-electron chi connectivity index (χ3n) is 4.72. The summed E-state index contributed by atoms with van der Waals surface area (Å²) < 4.78 is 15.0. The maximum absolute atomic E-state index is 11.6. The van der Waals surface area contributed by atoms with Crippen molar-refractivity contribution < 1.29 is 14.3 Å². The fourth-order valence-electron chi connectivity index (χ4n) is 3.22. The molecule has 2 aromatic heterocycles. The fourth-order valence-corrected chi connectivity index (χ4v) is 5.83. The Morgan fingerprint density at radius 3 is 2.59 bits per heavy atom. The van der Waals surface area contributed by atoms with Gasteiger partial charge in [-0.05, 0) is 95.4 Å². The second-order valence-electron chi connectivity index (χ2n) is 8.53. The van der Waals surface area contributed by atoms with Gasteiger partial charge in [-0.15, -0.1) is 0 Å². The predicted octanol–water partition coefficient (Wildman–Crippen LogP) is 6.22. The van der Waals surface area contributed by atoms with E-state index in [2.05, 4.69) is 83.2 Å². The minimum atomic E-state index is -0.474. The van der Waals surface area contributed by atoms with Crippen LogP contribution in [-0.4, -0.2) is 57.1 Å². The van der Waals surface area contributed by atoms with Crippen molar-refractivity contribution in [2.75, 3.05) is 31.6 Å². The Morgan fingerprint density at radius 2 is 1.88 bits per heavy atom. The maximum atomic E-state index is 11.6. The van der Waals surface area contributed by atoms with Crippen molar-refractivity contribution in [2.24, 2.45) is 0 Å². The molecule has 3 aromatic rings. The molecule has 186 valence electrons. The Kier molecular flexibility index (Phi) is 11.1. The first-order chi connectivity index (χ1) is 16.3. The van der Waals surface area contributed by atoms with E-state index in [1.54, 1.807) is 0 Å². The lowest BCUT2D eigenvalue weighted by atomic mass is 10.1. The first-order valence-corrected chi connectivity index (χ1v) is 19.0. The van der Waals surface area contributed by atoms with Crippen molar-refractivity contribution in [1.82, 2.24) is 24.4 Å². The second kappa shape index (κ2) is 13.5. The molecule has 0 saturated carbocycles. The molecule has 2 atom stereocenters. The van der Waals surface area contributed by atoms with Crippen LogP contribution in [0.2, 0.25) is 0 Å². The molecule has 1 aromatic carbocycles. The summed E-state index contributed by atoms with van der Waals surface area (Å²) in [6.07, 6.45) is 8.34. The van der Waals surface area contributed by atoms with E-state index in [-0.39, 0.29) is 6.09 Å². The average Bonchev–Trinajstić information content (AvgIpc) is 3.43. The van der Waals surface area contributed by atoms with Crippen LogP contribution >= 0.6 is 56.8 Å². The molecule has 0 spiro atoms. The third kappa shape index (κ3) is 8.43. The predicted molar refractivity (Wildman–Crippen MR) is 159 cm³/mol. The Balaban J connectivity index is 1.47. The van der Waals surface area contributed by atoms with Gasteiger partial charge in [0.2, 0.25) is 0 Å². The summed E-state index contributed by atoms with van der Waals surface area (Å²) in [6, 6.07) is 4.34. The molecule has 3 rings (SSSR count). The van der Waals surface area contributed by atoms with Crippen molar-refractivity contribution >= 4 is 79.5 Å². The van der Waals surface area contributed by atoms with Crippen LogP contribution in [0.3, 0.4) is 0 Å². The van der Waals surface area contributed by atoms with E-state index in [9.17, 15) is 4.79 Å². The zero-order chi connectivity index (χ0) is 24.6. The van der Waals surface area contributed by atoms with E-state index in [4.69, 9.17) is 9.47 Å². The number of unbranched alkanes of at least 4 members (excludes halogenated alkanes) is 1. The quantitative estimate of drug-likeness (QED) is 0.131. The highest BCUT2D eigenvalue weighted by molar-refractivity contribution is 14.2. The summed E-state index contributed by atoms with van der Waals surface area (Å²) in [7, 11) is 0. The van der Waals surface area contributed by atoms with E-state index in [1.165, 1.54) is 0 Å². The molecular weight excluding hydrogens is 700 g/mol. The molecule has 0 saturated heterocycles. The van der Waals surface area contributed by atoms with Crippen molar-refractivity contribution in [3.05, 3.63) is 30.7 Å². The van der Waals surface area contributed by atoms with E-state index in [1.807, 2.05) is 42.1 Å². The first-order valence-electron chi connectivity index (χ1n) is 10.9. The van der Waals surface area contributed by atoms with Crippen LogP contribution in [0.1, 0.15) is 33.6 Å². The van der Waals surface area contributed by atoms with Gasteiger partial charge >= 0.3 is 6.09 Å². The van der Waals surface area contributed by atoms with Gasteiger partial charge in [0.1, 0.15) is 5.60 Å². The highest BCUT2D eigenvalue weighted by Gasteiger charge is 2.15. The van der Waals surface area contributed by atoms with Gasteiger partial charge in [-0.25, -0.2) is 13.7 Å². The molecule has 34 heavy (non-hydrogen) atoms. The summed E-state index contributed by atoms with van der Waals surface area (Å²) in [5.41, 5.74) is 3.89. The molecular formula is C21H30I2N6O3P2. The summed E-state index contributed by atoms with van der Waals surface area (Å²) in [4.78, 5) is 11.6. The number of hydrogen-bond donors (Lipinski definition) is 2. The number of halogens is 2. The molecule has 9 nitrogen and oxygen atoms in total. The number of alkyl carbamates (subject to hydrolysis) is 1. The number of benzene rings is 1. The Bertz CT molecular complexity index is 1090. The van der Waals surface area contributed by atoms with Crippen molar-refractivity contribution in [3.63, 3.8) is 0 Å². The molecule has 2 heterocycles. The van der Waals surface area contributed by atoms with E-state index in [0.29, 0.717) is 39.1 Å². The van der Waals surface area contributed by atoms with E-state index >= 15 is 0 Å². The van der Waals surface area contributed by atoms with Crippen molar-refractivity contribution in [1.29, 1.82) is 0 Å². The molecule has 0 bridgehead atoms. The van der Waals surface area contributed by atoms with Crippen LogP contribution in [0.15, 0.2) is 30.7 Å². The molecule has 2 N–H and O–H groups in total. The second-order valence-corrected chi connectivity index (χ2v) is 12.6. The van der Waals surface area contributed by atoms with Gasteiger partial charge in [0.15, 0.2) is 0 Å². The molecule has 0 aliphatic carbocycles. The van der Waals surface area contributed by atoms with E-state index < -0.39 is 5.60 Å². The van der Waals surface area contributed by atoms with Gasteiger partial charge in [0.05, 0.1) is 37.3 Å². The van der Waals surface area contributed by atoms with E-state index in [0.717, 1.165) is 40.6 Å². The minimum absolute atomic E-state index is 0.375. The third-order valence-corrected chi connectivity index (χ3v) is 8.50. The average molecular weight is 730 g/mol.